The molecule has 1 aliphatic carbocycles. The summed E-state index contributed by atoms with van der Waals surface area (Å²) < 4.78 is 17.4. The van der Waals surface area contributed by atoms with Crippen molar-refractivity contribution >= 4 is 23.4 Å². The van der Waals surface area contributed by atoms with E-state index in [1.807, 2.05) is 0 Å². The lowest BCUT2D eigenvalue weighted by molar-refractivity contribution is 0.102. The molecule has 0 atom stereocenters. The minimum Gasteiger partial charge on any atom is -0.497 e. The first-order valence-corrected chi connectivity index (χ1v) is 10.3. The number of nitrogens with two attached hydrogens (primary N) is 1. The van der Waals surface area contributed by atoms with Crippen molar-refractivity contribution in [3.63, 3.8) is 0 Å². The second kappa shape index (κ2) is 8.30. The molecule has 0 spiro atoms. The Morgan fingerprint density at radius 3 is 2.74 bits per heavy atom. The maximum Gasteiger partial charge on any atom is 0.330 e. The monoisotopic (exact) mass is 445 g/mol. The van der Waals surface area contributed by atoms with E-state index >= 15 is 0 Å². The van der Waals surface area contributed by atoms with Crippen LogP contribution in [0.25, 0.3) is 11.5 Å². The number of aromatic amines is 1. The molecule has 0 bridgehead atoms. The van der Waals surface area contributed by atoms with Gasteiger partial charge in [0, 0.05) is 12.1 Å². The minimum absolute atomic E-state index is 0.0819. The molecule has 3 aromatic rings. The number of carbonyl (C=O) groups is 1. The van der Waals surface area contributed by atoms with Gasteiger partial charge in [-0.15, -0.1) is 10.2 Å². The van der Waals surface area contributed by atoms with E-state index in [9.17, 15) is 14.4 Å². The van der Waals surface area contributed by atoms with E-state index in [0.717, 1.165) is 24.6 Å². The lowest BCUT2D eigenvalue weighted by Crippen LogP contribution is -2.36. The molecule has 0 amide bonds. The van der Waals surface area contributed by atoms with Crippen molar-refractivity contribution in [3.8, 4) is 23.0 Å². The molecule has 162 valence electrons. The van der Waals surface area contributed by atoms with Gasteiger partial charge in [-0.1, -0.05) is 11.8 Å². The molecule has 1 aromatic carbocycles. The fourth-order valence-electron chi connectivity index (χ4n) is 3.08. The maximum absolute atomic E-state index is 12.7. The van der Waals surface area contributed by atoms with Gasteiger partial charge in [0.15, 0.2) is 5.78 Å². The number of nitrogen functional groups attached to an aromatic ring is 1. The van der Waals surface area contributed by atoms with Crippen LogP contribution < -0.4 is 26.5 Å². The number of methoxy groups -OCH3 is 2. The van der Waals surface area contributed by atoms with Crippen molar-refractivity contribution in [1.29, 1.82) is 0 Å². The second-order valence-corrected chi connectivity index (χ2v) is 7.70. The van der Waals surface area contributed by atoms with Crippen molar-refractivity contribution in [2.75, 3.05) is 25.7 Å². The van der Waals surface area contributed by atoms with Gasteiger partial charge in [-0.3, -0.25) is 19.1 Å². The van der Waals surface area contributed by atoms with E-state index in [1.54, 1.807) is 25.3 Å². The Hall–Kier alpha value is -3.54. The fourth-order valence-corrected chi connectivity index (χ4v) is 3.72. The Morgan fingerprint density at radius 2 is 2.06 bits per heavy atom. The molecule has 0 saturated heterocycles. The molecule has 3 N–H and O–H groups in total. The van der Waals surface area contributed by atoms with Gasteiger partial charge in [0.2, 0.25) is 0 Å². The number of nitrogens with zero attached hydrogens (tertiary/aromatic N) is 3. The largest absolute Gasteiger partial charge is 0.497 e. The summed E-state index contributed by atoms with van der Waals surface area (Å²) in [6.45, 7) is 0. The number of ketones is 1. The highest BCUT2D eigenvalue weighted by molar-refractivity contribution is 7.99. The summed E-state index contributed by atoms with van der Waals surface area (Å²) in [5.74, 6) is 0.468. The first-order valence-electron chi connectivity index (χ1n) is 9.29. The molecule has 1 saturated carbocycles. The quantitative estimate of drug-likeness (QED) is 0.385. The Balaban J connectivity index is 1.52. The van der Waals surface area contributed by atoms with Crippen LogP contribution in [0.15, 0.2) is 37.4 Å². The van der Waals surface area contributed by atoms with Crippen LogP contribution in [0.2, 0.25) is 0 Å². The van der Waals surface area contributed by atoms with Crippen molar-refractivity contribution in [2.24, 2.45) is 0 Å². The molecule has 2 heterocycles. The number of nitrogens with one attached hydrogen (secondary N) is 1. The predicted octanol–water partition coefficient (Wildman–Crippen LogP) is 1.50. The Kier molecular flexibility index (Phi) is 5.55. The number of H-pyrrole nitrogens is 1. The molecule has 0 aliphatic heterocycles. The zero-order valence-electron chi connectivity index (χ0n) is 16.7. The number of benzene rings is 1. The van der Waals surface area contributed by atoms with Gasteiger partial charge in [0.25, 0.3) is 16.7 Å². The van der Waals surface area contributed by atoms with Crippen molar-refractivity contribution in [2.45, 2.75) is 24.1 Å². The third-order valence-corrected chi connectivity index (χ3v) is 5.56. The van der Waals surface area contributed by atoms with Crippen LogP contribution in [-0.4, -0.2) is 45.5 Å². The molecule has 0 radical (unpaired) electrons. The van der Waals surface area contributed by atoms with E-state index < -0.39 is 17.0 Å². The van der Waals surface area contributed by atoms with E-state index in [4.69, 9.17) is 19.6 Å². The fraction of sp³-hybridized carbons (Fsp3) is 0.316. The summed E-state index contributed by atoms with van der Waals surface area (Å²) in [5.41, 5.74) is 4.88. The molecule has 4 rings (SSSR count). The van der Waals surface area contributed by atoms with Crippen LogP contribution in [0, 0.1) is 0 Å². The van der Waals surface area contributed by atoms with Gasteiger partial charge in [-0.2, -0.15) is 0 Å². The van der Waals surface area contributed by atoms with Gasteiger partial charge in [0.1, 0.15) is 22.9 Å². The van der Waals surface area contributed by atoms with E-state index in [-0.39, 0.29) is 34.3 Å². The first kappa shape index (κ1) is 20.7. The zero-order valence-corrected chi connectivity index (χ0v) is 17.5. The smallest absolute Gasteiger partial charge is 0.330 e. The van der Waals surface area contributed by atoms with E-state index in [0.29, 0.717) is 17.1 Å². The lowest BCUT2D eigenvalue weighted by atomic mass is 10.2. The van der Waals surface area contributed by atoms with Crippen LogP contribution in [0.1, 0.15) is 29.2 Å². The van der Waals surface area contributed by atoms with Gasteiger partial charge >= 0.3 is 5.69 Å². The summed E-state index contributed by atoms with van der Waals surface area (Å²) in [4.78, 5) is 39.0. The number of hydrogen-bond acceptors (Lipinski definition) is 10. The summed E-state index contributed by atoms with van der Waals surface area (Å²) in [6, 6.07) is 5.04. The van der Waals surface area contributed by atoms with Crippen molar-refractivity contribution in [3.05, 3.63) is 44.6 Å². The van der Waals surface area contributed by atoms with Gasteiger partial charge in [-0.25, -0.2) is 4.79 Å². The number of aromatic nitrogens is 4. The topological polar surface area (TPSA) is 155 Å². The Morgan fingerprint density at radius 1 is 1.29 bits per heavy atom. The standard InChI is InChI=1S/C19H19N5O6S/c1-28-10-5-6-11(13(7-10)29-2)17-22-23-19(30-17)31-8-12(25)14-15(20)24(9-3-4-9)18(27)21-16(14)26/h5-7,9H,3-4,8,20H2,1-2H3,(H,21,26,27). The number of Topliss-reactive ketones (excluding diaryl/α,β-unsaturated/α-hetero) is 1. The number of rotatable bonds is 8. The van der Waals surface area contributed by atoms with Crippen LogP contribution in [0.5, 0.6) is 11.5 Å². The second-order valence-electron chi connectivity index (χ2n) is 6.77. The van der Waals surface area contributed by atoms with Crippen LogP contribution in [-0.2, 0) is 0 Å². The molecule has 1 fully saturated rings. The third kappa shape index (κ3) is 4.06. The number of ether oxygens (including phenoxy) is 2. The van der Waals surface area contributed by atoms with Gasteiger partial charge < -0.3 is 19.6 Å². The van der Waals surface area contributed by atoms with E-state index in [1.165, 1.54) is 11.7 Å². The van der Waals surface area contributed by atoms with Gasteiger partial charge in [0.05, 0.1) is 25.5 Å². The molecule has 31 heavy (non-hydrogen) atoms. The van der Waals surface area contributed by atoms with Crippen LogP contribution >= 0.6 is 11.8 Å². The number of hydrogen-bond donors (Lipinski definition) is 2. The predicted molar refractivity (Wildman–Crippen MR) is 112 cm³/mol. The summed E-state index contributed by atoms with van der Waals surface area (Å²) >= 11 is 0.960. The molecule has 2 aromatic heterocycles. The summed E-state index contributed by atoms with van der Waals surface area (Å²) in [7, 11) is 3.05. The SMILES string of the molecule is COc1ccc(-c2nnc(SCC(=O)c3c(N)n(C4CC4)c(=O)[nH]c3=O)o2)c(OC)c1. The molecule has 12 heteroatoms. The molecular weight excluding hydrogens is 426 g/mol. The number of carbonyl (C=O) groups excluding carboxylic acids is 1. The third-order valence-electron chi connectivity index (χ3n) is 4.75. The van der Waals surface area contributed by atoms with Gasteiger partial charge in [-0.05, 0) is 25.0 Å². The molecule has 11 nitrogen and oxygen atoms in total. The maximum atomic E-state index is 12.7. The highest BCUT2D eigenvalue weighted by atomic mass is 32.2. The minimum atomic E-state index is -0.806. The highest BCUT2D eigenvalue weighted by Gasteiger charge is 2.30. The normalized spacial score (nSPS) is 13.2. The Bertz CT molecular complexity index is 1260. The number of anilines is 1. The van der Waals surface area contributed by atoms with Crippen LogP contribution in [0.3, 0.4) is 0 Å². The number of thioether (sulfide) groups is 1. The summed E-state index contributed by atoms with van der Waals surface area (Å²) in [6.07, 6.45) is 1.55. The zero-order chi connectivity index (χ0) is 22.1. The highest BCUT2D eigenvalue weighted by Crippen LogP contribution is 2.36. The average Bonchev–Trinajstić information content (AvgIpc) is 3.47. The molecular formula is C19H19N5O6S. The molecule has 0 unspecified atom stereocenters. The lowest BCUT2D eigenvalue weighted by Gasteiger charge is -2.10. The van der Waals surface area contributed by atoms with Crippen molar-refractivity contribution in [1.82, 2.24) is 19.7 Å². The summed E-state index contributed by atoms with van der Waals surface area (Å²) in [5, 5.41) is 8.04. The average molecular weight is 445 g/mol. The van der Waals surface area contributed by atoms with E-state index in [2.05, 4.69) is 15.2 Å². The first-order chi connectivity index (χ1) is 14.9. The van der Waals surface area contributed by atoms with Crippen LogP contribution in [0.4, 0.5) is 5.82 Å². The van der Waals surface area contributed by atoms with Crippen molar-refractivity contribution < 1.29 is 18.7 Å². The Labute approximate surface area is 179 Å². The molecule has 1 aliphatic rings.